The van der Waals surface area contributed by atoms with Gasteiger partial charge in [-0.2, -0.15) is 0 Å². The van der Waals surface area contributed by atoms with Crippen LogP contribution in [0.5, 0.6) is 0 Å². The first-order valence-electron chi connectivity index (χ1n) is 12.5. The van der Waals surface area contributed by atoms with Gasteiger partial charge in [0.05, 0.1) is 19.4 Å². The van der Waals surface area contributed by atoms with E-state index in [2.05, 4.69) is 32.7 Å². The molecule has 1 aliphatic heterocycles. The van der Waals surface area contributed by atoms with Crippen molar-refractivity contribution in [3.05, 3.63) is 0 Å². The minimum atomic E-state index is -0.450. The number of rotatable bonds is 1. The van der Waals surface area contributed by atoms with Crippen LogP contribution in [-0.2, 0) is 9.53 Å². The van der Waals surface area contributed by atoms with Crippen LogP contribution in [0.25, 0.3) is 0 Å². The molecule has 0 radical (unpaired) electrons. The van der Waals surface area contributed by atoms with Gasteiger partial charge in [-0.05, 0) is 98.8 Å². The van der Waals surface area contributed by atoms with Crippen molar-refractivity contribution in [1.82, 2.24) is 4.90 Å². The number of hydrogen-bond acceptors (Lipinski definition) is 4. The third-order valence-corrected chi connectivity index (χ3v) is 12.5. The standard InChI is InChI=1S/C26H41NO3/c1-16(28)21-17(29)12-24(4)19-7-6-18-22(2)14-30-15-27(5)20(22)8-9-25(18)13-26(19,25)11-10-23(21,24)3/h17-21,29H,6-15H2,1-5H3/t17-,18+,19+,20+,21+,22-,23-,24+,25-,26+/m1/s1. The van der Waals surface area contributed by atoms with Crippen molar-refractivity contribution in [2.75, 3.05) is 20.4 Å². The van der Waals surface area contributed by atoms with E-state index in [0.717, 1.165) is 32.1 Å². The van der Waals surface area contributed by atoms with Gasteiger partial charge in [-0.1, -0.05) is 20.8 Å². The van der Waals surface area contributed by atoms with Gasteiger partial charge in [0.1, 0.15) is 5.78 Å². The molecule has 5 aliphatic carbocycles. The highest BCUT2D eigenvalue weighted by Crippen LogP contribution is 2.89. The van der Waals surface area contributed by atoms with Gasteiger partial charge in [0.15, 0.2) is 0 Å². The van der Waals surface area contributed by atoms with E-state index in [4.69, 9.17) is 4.74 Å². The number of Topliss-reactive ketones (excluding diaryl/α,β-unsaturated/α-hetero) is 1. The van der Waals surface area contributed by atoms with Crippen molar-refractivity contribution in [3.63, 3.8) is 0 Å². The molecule has 6 rings (SSSR count). The van der Waals surface area contributed by atoms with E-state index in [1.807, 2.05) is 0 Å². The molecule has 10 atom stereocenters. The van der Waals surface area contributed by atoms with Gasteiger partial charge in [-0.15, -0.1) is 0 Å². The second-order valence-electron chi connectivity index (χ2n) is 13.2. The van der Waals surface area contributed by atoms with Gasteiger partial charge >= 0.3 is 0 Å². The van der Waals surface area contributed by atoms with Gasteiger partial charge < -0.3 is 9.84 Å². The summed E-state index contributed by atoms with van der Waals surface area (Å²) in [7, 11) is 2.25. The molecule has 6 fully saturated rings. The topological polar surface area (TPSA) is 49.8 Å². The summed E-state index contributed by atoms with van der Waals surface area (Å²) in [4.78, 5) is 15.1. The lowest BCUT2D eigenvalue weighted by Crippen LogP contribution is -2.63. The predicted molar refractivity (Wildman–Crippen MR) is 116 cm³/mol. The zero-order valence-electron chi connectivity index (χ0n) is 19.7. The number of aliphatic hydroxyl groups is 1. The van der Waals surface area contributed by atoms with Crippen LogP contribution in [0.4, 0.5) is 0 Å². The molecule has 1 saturated heterocycles. The minimum Gasteiger partial charge on any atom is -0.392 e. The van der Waals surface area contributed by atoms with E-state index >= 15 is 0 Å². The van der Waals surface area contributed by atoms with Crippen LogP contribution in [0.15, 0.2) is 0 Å². The number of carbonyl (C=O) groups is 1. The molecule has 4 heteroatoms. The number of aliphatic hydroxyl groups excluding tert-OH is 1. The highest BCUT2D eigenvalue weighted by molar-refractivity contribution is 5.80. The number of ketones is 1. The zero-order chi connectivity index (χ0) is 21.3. The maximum Gasteiger partial charge on any atom is 0.136 e. The molecule has 0 aromatic carbocycles. The van der Waals surface area contributed by atoms with Crippen LogP contribution < -0.4 is 0 Å². The molecular formula is C26H41NO3. The Morgan fingerprint density at radius 3 is 2.43 bits per heavy atom. The molecule has 1 heterocycles. The van der Waals surface area contributed by atoms with E-state index in [-0.39, 0.29) is 27.9 Å². The predicted octanol–water partition coefficient (Wildman–Crippen LogP) is 4.25. The Morgan fingerprint density at radius 1 is 1.00 bits per heavy atom. The van der Waals surface area contributed by atoms with Crippen molar-refractivity contribution < 1.29 is 14.6 Å². The summed E-state index contributed by atoms with van der Waals surface area (Å²) in [5.41, 5.74) is 1.28. The lowest BCUT2D eigenvalue weighted by atomic mass is 9.41. The molecule has 0 bridgehead atoms. The van der Waals surface area contributed by atoms with Crippen molar-refractivity contribution in [2.24, 2.45) is 44.8 Å². The lowest BCUT2D eigenvalue weighted by Gasteiger charge is -2.64. The third kappa shape index (κ3) is 1.96. The van der Waals surface area contributed by atoms with E-state index < -0.39 is 6.10 Å². The Balaban J connectivity index is 1.39. The molecule has 2 spiro atoms. The second-order valence-corrected chi connectivity index (χ2v) is 13.2. The van der Waals surface area contributed by atoms with E-state index in [0.29, 0.717) is 22.8 Å². The fourth-order valence-electron chi connectivity index (χ4n) is 11.4. The van der Waals surface area contributed by atoms with Crippen molar-refractivity contribution in [1.29, 1.82) is 0 Å². The van der Waals surface area contributed by atoms with Gasteiger partial charge in [0.2, 0.25) is 0 Å². The van der Waals surface area contributed by atoms with Crippen molar-refractivity contribution in [2.45, 2.75) is 91.2 Å². The number of fused-ring (bicyclic) bond motifs is 4. The average molecular weight is 416 g/mol. The minimum absolute atomic E-state index is 0.0416. The molecule has 4 nitrogen and oxygen atoms in total. The van der Waals surface area contributed by atoms with Crippen LogP contribution in [0, 0.1) is 44.8 Å². The number of ether oxygens (including phenoxy) is 1. The van der Waals surface area contributed by atoms with Crippen molar-refractivity contribution >= 4 is 5.78 Å². The molecule has 168 valence electrons. The Labute approximate surface area is 182 Å². The van der Waals surface area contributed by atoms with Crippen LogP contribution in [0.2, 0.25) is 0 Å². The Bertz CT molecular complexity index is 799. The number of nitrogens with zero attached hydrogens (tertiary/aromatic N) is 1. The van der Waals surface area contributed by atoms with Gasteiger partial charge in [-0.25, -0.2) is 0 Å². The summed E-state index contributed by atoms with van der Waals surface area (Å²) in [5, 5.41) is 11.0. The number of carbonyl (C=O) groups excluding carboxylic acids is 1. The van der Waals surface area contributed by atoms with E-state index in [9.17, 15) is 9.90 Å². The molecule has 0 aromatic heterocycles. The average Bonchev–Trinajstić information content (AvgIpc) is 3.26. The molecular weight excluding hydrogens is 374 g/mol. The molecule has 30 heavy (non-hydrogen) atoms. The molecule has 0 unspecified atom stereocenters. The van der Waals surface area contributed by atoms with Gasteiger partial charge in [-0.3, -0.25) is 9.69 Å². The molecule has 1 N–H and O–H groups in total. The first kappa shape index (κ1) is 20.2. The first-order valence-corrected chi connectivity index (χ1v) is 12.5. The summed E-state index contributed by atoms with van der Waals surface area (Å²) < 4.78 is 6.12. The van der Waals surface area contributed by atoms with Crippen LogP contribution >= 0.6 is 0 Å². The molecule has 6 aliphatic rings. The second kappa shape index (κ2) is 5.72. The molecule has 5 saturated carbocycles. The molecule has 0 aromatic rings. The summed E-state index contributed by atoms with van der Waals surface area (Å²) in [6.07, 6.45) is 9.44. The molecule has 0 amide bonds. The van der Waals surface area contributed by atoms with Gasteiger partial charge in [0, 0.05) is 17.4 Å². The van der Waals surface area contributed by atoms with Crippen LogP contribution in [0.3, 0.4) is 0 Å². The SMILES string of the molecule is CC(=O)[C@H]1[C@H](O)C[C@@]2(C)[C@@H]3CC[C@H]4[C@@]5(C)COCN(C)[C@H]5CC[C@@]45C[C@@]35CC[C@]12C. The maximum atomic E-state index is 12.6. The van der Waals surface area contributed by atoms with Crippen LogP contribution in [-0.4, -0.2) is 48.3 Å². The largest absolute Gasteiger partial charge is 0.392 e. The van der Waals surface area contributed by atoms with Gasteiger partial charge in [0.25, 0.3) is 0 Å². The Kier molecular flexibility index (Phi) is 3.85. The fraction of sp³-hybridized carbons (Fsp3) is 0.962. The first-order chi connectivity index (χ1) is 14.1. The summed E-state index contributed by atoms with van der Waals surface area (Å²) in [5.74, 6) is 1.48. The van der Waals surface area contributed by atoms with Crippen LogP contribution in [0.1, 0.15) is 79.1 Å². The van der Waals surface area contributed by atoms with E-state index in [1.165, 1.54) is 38.5 Å². The summed E-state index contributed by atoms with van der Waals surface area (Å²) in [6.45, 7) is 10.8. The Morgan fingerprint density at radius 2 is 1.70 bits per heavy atom. The highest BCUT2D eigenvalue weighted by atomic mass is 16.5. The smallest absolute Gasteiger partial charge is 0.136 e. The van der Waals surface area contributed by atoms with Crippen molar-refractivity contribution in [3.8, 4) is 0 Å². The van der Waals surface area contributed by atoms with E-state index in [1.54, 1.807) is 6.92 Å². The maximum absolute atomic E-state index is 12.6. The normalized spacial score (nSPS) is 61.9. The third-order valence-electron chi connectivity index (χ3n) is 12.5. The summed E-state index contributed by atoms with van der Waals surface area (Å²) >= 11 is 0. The Hall–Kier alpha value is -0.450. The number of hydrogen-bond donors (Lipinski definition) is 1. The monoisotopic (exact) mass is 415 g/mol. The fourth-order valence-corrected chi connectivity index (χ4v) is 11.4. The highest BCUT2D eigenvalue weighted by Gasteiger charge is 2.83. The summed E-state index contributed by atoms with van der Waals surface area (Å²) in [6, 6.07) is 0.663. The lowest BCUT2D eigenvalue weighted by molar-refractivity contribution is -0.202. The zero-order valence-corrected chi connectivity index (χ0v) is 19.7. The quantitative estimate of drug-likeness (QED) is 0.695.